The number of aryl methyl sites for hydroxylation is 1. The number of carbonyl (C=O) groups excluding carboxylic acids is 1. The minimum atomic E-state index is -0.396. The molecule has 0 saturated carbocycles. The van der Waals surface area contributed by atoms with Gasteiger partial charge in [0, 0.05) is 20.1 Å². The first-order chi connectivity index (χ1) is 13.0. The van der Waals surface area contributed by atoms with Gasteiger partial charge in [0.1, 0.15) is 5.82 Å². The molecule has 2 aromatic carbocycles. The highest BCUT2D eigenvalue weighted by atomic mass is 19.1. The molecule has 0 atom stereocenters. The van der Waals surface area contributed by atoms with Crippen molar-refractivity contribution in [1.29, 1.82) is 0 Å². The maximum atomic E-state index is 12.5. The molecule has 2 rings (SSSR count). The number of hydrogen-bond donors (Lipinski definition) is 3. The standard InChI is InChI=1S/C10H12FNO2.C10H15N.CH4O/c11-9-6-4-8(5-7-9)2-1-3-10(13)12-14;1-3-11(2)9-10-7-5-4-6-8-10;1-2/h4-7,14H,1-3H2,(H,12,13);4-8H,3,9H2,1-2H3;2H,1H3. The van der Waals surface area contributed by atoms with Crippen LogP contribution in [0.3, 0.4) is 0 Å². The zero-order valence-electron chi connectivity index (χ0n) is 16.4. The van der Waals surface area contributed by atoms with Crippen molar-refractivity contribution in [2.45, 2.75) is 32.7 Å². The molecule has 150 valence electrons. The lowest BCUT2D eigenvalue weighted by molar-refractivity contribution is -0.129. The summed E-state index contributed by atoms with van der Waals surface area (Å²) in [6.07, 6.45) is 1.61. The Labute approximate surface area is 161 Å². The quantitative estimate of drug-likeness (QED) is 0.510. The van der Waals surface area contributed by atoms with Gasteiger partial charge in [0.25, 0.3) is 0 Å². The smallest absolute Gasteiger partial charge is 0.243 e. The molecule has 0 aliphatic carbocycles. The summed E-state index contributed by atoms with van der Waals surface area (Å²) < 4.78 is 12.5. The fraction of sp³-hybridized carbons (Fsp3) is 0.381. The Morgan fingerprint density at radius 1 is 1.04 bits per heavy atom. The number of carbonyl (C=O) groups is 1. The maximum absolute atomic E-state index is 12.5. The van der Waals surface area contributed by atoms with E-state index in [1.54, 1.807) is 17.6 Å². The van der Waals surface area contributed by atoms with Gasteiger partial charge in [-0.15, -0.1) is 0 Å². The van der Waals surface area contributed by atoms with Crippen LogP contribution in [0.1, 0.15) is 30.9 Å². The Hall–Kier alpha value is -2.28. The van der Waals surface area contributed by atoms with Gasteiger partial charge in [0.05, 0.1) is 0 Å². The fourth-order valence-corrected chi connectivity index (χ4v) is 2.17. The van der Waals surface area contributed by atoms with Crippen molar-refractivity contribution in [1.82, 2.24) is 10.4 Å². The number of aliphatic hydroxyl groups is 1. The van der Waals surface area contributed by atoms with E-state index in [4.69, 9.17) is 10.3 Å². The third-order valence-electron chi connectivity index (χ3n) is 3.74. The molecule has 6 heteroatoms. The summed E-state index contributed by atoms with van der Waals surface area (Å²) in [5.41, 5.74) is 3.93. The van der Waals surface area contributed by atoms with Crippen LogP contribution >= 0.6 is 0 Å². The van der Waals surface area contributed by atoms with Gasteiger partial charge in [0.2, 0.25) is 5.91 Å². The number of aliphatic hydroxyl groups excluding tert-OH is 1. The van der Waals surface area contributed by atoms with Gasteiger partial charge in [-0.05, 0) is 49.7 Å². The molecule has 2 aromatic rings. The summed E-state index contributed by atoms with van der Waals surface area (Å²) in [4.78, 5) is 12.9. The Kier molecular flexibility index (Phi) is 14.6. The molecular weight excluding hydrogens is 347 g/mol. The van der Waals surface area contributed by atoms with Crippen molar-refractivity contribution in [3.63, 3.8) is 0 Å². The van der Waals surface area contributed by atoms with Crippen LogP contribution in [0.2, 0.25) is 0 Å². The first-order valence-corrected chi connectivity index (χ1v) is 8.89. The van der Waals surface area contributed by atoms with Gasteiger partial charge in [-0.3, -0.25) is 10.0 Å². The molecule has 3 N–H and O–H groups in total. The number of halogens is 1. The SMILES string of the molecule is CCN(C)Cc1ccccc1.CO.O=C(CCCc1ccc(F)cc1)NO. The van der Waals surface area contributed by atoms with E-state index in [0.717, 1.165) is 25.8 Å². The van der Waals surface area contributed by atoms with Crippen LogP contribution in [0.4, 0.5) is 4.39 Å². The Bertz CT molecular complexity index is 607. The van der Waals surface area contributed by atoms with Gasteiger partial charge in [-0.1, -0.05) is 49.4 Å². The summed E-state index contributed by atoms with van der Waals surface area (Å²) in [6, 6.07) is 16.7. The highest BCUT2D eigenvalue weighted by molar-refractivity contribution is 5.74. The van der Waals surface area contributed by atoms with Crippen LogP contribution in [0.25, 0.3) is 0 Å². The summed E-state index contributed by atoms with van der Waals surface area (Å²) in [5, 5.41) is 15.2. The Morgan fingerprint density at radius 2 is 1.63 bits per heavy atom. The third kappa shape index (κ3) is 12.7. The first-order valence-electron chi connectivity index (χ1n) is 8.89. The Morgan fingerprint density at radius 3 is 2.15 bits per heavy atom. The number of nitrogens with one attached hydrogen (secondary N) is 1. The van der Waals surface area contributed by atoms with Crippen LogP contribution in [0.15, 0.2) is 54.6 Å². The van der Waals surface area contributed by atoms with E-state index in [1.165, 1.54) is 17.7 Å². The number of amides is 1. The summed E-state index contributed by atoms with van der Waals surface area (Å²) in [6.45, 7) is 4.33. The van der Waals surface area contributed by atoms with Gasteiger partial charge < -0.3 is 10.0 Å². The molecule has 27 heavy (non-hydrogen) atoms. The molecular formula is C21H31FN2O3. The third-order valence-corrected chi connectivity index (χ3v) is 3.74. The van der Waals surface area contributed by atoms with Gasteiger partial charge in [-0.25, -0.2) is 9.87 Å². The lowest BCUT2D eigenvalue weighted by Gasteiger charge is -2.12. The topological polar surface area (TPSA) is 72.8 Å². The number of hydrogen-bond acceptors (Lipinski definition) is 4. The van der Waals surface area contributed by atoms with E-state index in [2.05, 4.69) is 49.2 Å². The van der Waals surface area contributed by atoms with E-state index in [9.17, 15) is 9.18 Å². The van der Waals surface area contributed by atoms with Crippen molar-refractivity contribution in [2.24, 2.45) is 0 Å². The number of hydroxylamine groups is 1. The number of nitrogens with zero attached hydrogens (tertiary/aromatic N) is 1. The molecule has 0 saturated heterocycles. The van der Waals surface area contributed by atoms with Crippen molar-refractivity contribution in [3.05, 3.63) is 71.5 Å². The average Bonchev–Trinajstić information content (AvgIpc) is 2.72. The van der Waals surface area contributed by atoms with Crippen molar-refractivity contribution < 1.29 is 19.5 Å². The predicted octanol–water partition coefficient (Wildman–Crippen LogP) is 3.40. The van der Waals surface area contributed by atoms with Crippen LogP contribution in [0.5, 0.6) is 0 Å². The molecule has 0 radical (unpaired) electrons. The second-order valence-corrected chi connectivity index (χ2v) is 5.83. The van der Waals surface area contributed by atoms with Crippen LogP contribution in [0, 0.1) is 5.82 Å². The summed E-state index contributed by atoms with van der Waals surface area (Å²) in [5.74, 6) is -0.658. The monoisotopic (exact) mass is 378 g/mol. The molecule has 0 heterocycles. The zero-order chi connectivity index (χ0) is 20.5. The molecule has 0 aromatic heterocycles. The average molecular weight is 378 g/mol. The fourth-order valence-electron chi connectivity index (χ4n) is 2.17. The van der Waals surface area contributed by atoms with Gasteiger partial charge in [-0.2, -0.15) is 0 Å². The Balaban J connectivity index is 0.000000469. The molecule has 5 nitrogen and oxygen atoms in total. The van der Waals surface area contributed by atoms with Crippen molar-refractivity contribution in [2.75, 3.05) is 20.7 Å². The summed E-state index contributed by atoms with van der Waals surface area (Å²) in [7, 11) is 3.13. The summed E-state index contributed by atoms with van der Waals surface area (Å²) >= 11 is 0. The number of benzene rings is 2. The molecule has 0 fully saturated rings. The molecule has 0 unspecified atom stereocenters. The van der Waals surface area contributed by atoms with Crippen LogP contribution < -0.4 is 5.48 Å². The molecule has 1 amide bonds. The van der Waals surface area contributed by atoms with Gasteiger partial charge >= 0.3 is 0 Å². The largest absolute Gasteiger partial charge is 0.400 e. The predicted molar refractivity (Wildman–Crippen MR) is 106 cm³/mol. The first kappa shape index (κ1) is 24.7. The van der Waals surface area contributed by atoms with E-state index in [-0.39, 0.29) is 12.2 Å². The molecule has 0 bridgehead atoms. The lowest BCUT2D eigenvalue weighted by atomic mass is 10.1. The van der Waals surface area contributed by atoms with Gasteiger partial charge in [0.15, 0.2) is 0 Å². The highest BCUT2D eigenvalue weighted by Gasteiger charge is 1.99. The molecule has 0 spiro atoms. The van der Waals surface area contributed by atoms with Crippen LogP contribution in [-0.2, 0) is 17.8 Å². The maximum Gasteiger partial charge on any atom is 0.243 e. The number of rotatable bonds is 7. The van der Waals surface area contributed by atoms with Crippen LogP contribution in [-0.4, -0.2) is 41.8 Å². The van der Waals surface area contributed by atoms with E-state index >= 15 is 0 Å². The highest BCUT2D eigenvalue weighted by Crippen LogP contribution is 2.06. The van der Waals surface area contributed by atoms with E-state index in [1.807, 2.05) is 0 Å². The van der Waals surface area contributed by atoms with Crippen molar-refractivity contribution in [3.8, 4) is 0 Å². The second-order valence-electron chi connectivity index (χ2n) is 5.83. The lowest BCUT2D eigenvalue weighted by Crippen LogP contribution is -2.18. The minimum Gasteiger partial charge on any atom is -0.400 e. The zero-order valence-corrected chi connectivity index (χ0v) is 16.4. The van der Waals surface area contributed by atoms with E-state index in [0.29, 0.717) is 12.8 Å². The second kappa shape index (κ2) is 15.9. The normalized spacial score (nSPS) is 9.59. The molecule has 0 aliphatic heterocycles. The van der Waals surface area contributed by atoms with Crippen molar-refractivity contribution >= 4 is 5.91 Å². The minimum absolute atomic E-state index is 0.262. The van der Waals surface area contributed by atoms with E-state index < -0.39 is 5.91 Å². The molecule has 0 aliphatic rings.